The summed E-state index contributed by atoms with van der Waals surface area (Å²) in [5.41, 5.74) is 2.47. The van der Waals surface area contributed by atoms with Crippen molar-refractivity contribution >= 4 is 5.71 Å². The van der Waals surface area contributed by atoms with E-state index >= 15 is 0 Å². The Kier molecular flexibility index (Phi) is 3.62. The van der Waals surface area contributed by atoms with Crippen molar-refractivity contribution in [2.24, 2.45) is 12.2 Å². The number of benzene rings is 1. The lowest BCUT2D eigenvalue weighted by Crippen LogP contribution is -1.96. The van der Waals surface area contributed by atoms with Crippen LogP contribution >= 0.6 is 0 Å². The minimum Gasteiger partial charge on any atom is -0.489 e. The smallest absolute Gasteiger partial charge is 0.119 e. The Morgan fingerprint density at radius 3 is 2.67 bits per heavy atom. The van der Waals surface area contributed by atoms with Gasteiger partial charge in [0, 0.05) is 18.8 Å². The molecule has 0 aliphatic rings. The van der Waals surface area contributed by atoms with Crippen LogP contribution in [-0.2, 0) is 13.7 Å². The maximum absolute atomic E-state index is 8.66. The van der Waals surface area contributed by atoms with E-state index in [1.165, 1.54) is 0 Å². The highest BCUT2D eigenvalue weighted by Crippen LogP contribution is 2.14. The third kappa shape index (κ3) is 2.88. The fourth-order valence-electron chi connectivity index (χ4n) is 1.56. The highest BCUT2D eigenvalue weighted by Gasteiger charge is 2.00. The van der Waals surface area contributed by atoms with Gasteiger partial charge < -0.3 is 9.94 Å². The number of aryl methyl sites for hydroxylation is 1. The second-order valence-corrected chi connectivity index (χ2v) is 4.02. The Balaban J connectivity index is 1.98. The van der Waals surface area contributed by atoms with Gasteiger partial charge in [-0.2, -0.15) is 5.10 Å². The number of aromatic nitrogens is 2. The number of nitrogens with zero attached hydrogens (tertiary/aromatic N) is 3. The van der Waals surface area contributed by atoms with E-state index in [9.17, 15) is 0 Å². The van der Waals surface area contributed by atoms with Gasteiger partial charge in [-0.25, -0.2) is 0 Å². The van der Waals surface area contributed by atoms with Gasteiger partial charge in [-0.15, -0.1) is 0 Å². The Labute approximate surface area is 105 Å². The van der Waals surface area contributed by atoms with Gasteiger partial charge >= 0.3 is 0 Å². The normalized spacial score (nSPS) is 11.6. The van der Waals surface area contributed by atoms with Gasteiger partial charge in [0.25, 0.3) is 0 Å². The number of oxime groups is 1. The van der Waals surface area contributed by atoms with Crippen molar-refractivity contribution in [1.82, 2.24) is 9.78 Å². The third-order valence-electron chi connectivity index (χ3n) is 2.59. The van der Waals surface area contributed by atoms with Crippen LogP contribution in [0.4, 0.5) is 0 Å². The fourth-order valence-corrected chi connectivity index (χ4v) is 1.56. The molecule has 0 unspecified atom stereocenters. The summed E-state index contributed by atoms with van der Waals surface area (Å²) < 4.78 is 7.36. The molecule has 0 aliphatic carbocycles. The summed E-state index contributed by atoms with van der Waals surface area (Å²) in [6.07, 6.45) is 3.69. The summed E-state index contributed by atoms with van der Waals surface area (Å²) in [5.74, 6) is 0.772. The molecule has 0 saturated heterocycles. The maximum Gasteiger partial charge on any atom is 0.119 e. The van der Waals surface area contributed by atoms with Crippen LogP contribution in [0.1, 0.15) is 18.1 Å². The van der Waals surface area contributed by atoms with Crippen LogP contribution in [0.5, 0.6) is 5.75 Å². The molecule has 1 aromatic carbocycles. The van der Waals surface area contributed by atoms with E-state index in [0.29, 0.717) is 12.3 Å². The first-order valence-electron chi connectivity index (χ1n) is 5.58. The minimum atomic E-state index is 0.486. The third-order valence-corrected chi connectivity index (χ3v) is 2.59. The van der Waals surface area contributed by atoms with Gasteiger partial charge in [0.1, 0.15) is 12.4 Å². The summed E-state index contributed by atoms with van der Waals surface area (Å²) >= 11 is 0. The predicted octanol–water partition coefficient (Wildman–Crippen LogP) is 2.20. The molecule has 5 heteroatoms. The summed E-state index contributed by atoms with van der Waals surface area (Å²) in [6.45, 7) is 2.23. The number of ether oxygens (including phenoxy) is 1. The molecule has 0 amide bonds. The van der Waals surface area contributed by atoms with Gasteiger partial charge in [0.05, 0.1) is 11.9 Å². The minimum absolute atomic E-state index is 0.486. The first-order valence-corrected chi connectivity index (χ1v) is 5.58. The molecule has 1 aromatic heterocycles. The number of hydrogen-bond acceptors (Lipinski definition) is 4. The molecular formula is C13H15N3O2. The zero-order chi connectivity index (χ0) is 13.0. The number of rotatable bonds is 4. The Bertz CT molecular complexity index is 544. The standard InChI is InChI=1S/C13H15N3O2/c1-10(15-17)12-3-5-13(6-4-12)18-9-11-7-14-16(2)8-11/h3-8,17H,9H2,1-2H3. The molecule has 94 valence electrons. The predicted molar refractivity (Wildman–Crippen MR) is 68.0 cm³/mol. The SMILES string of the molecule is CC(=NO)c1ccc(OCc2cnn(C)c2)cc1. The van der Waals surface area contributed by atoms with Gasteiger partial charge in [-0.05, 0) is 36.8 Å². The van der Waals surface area contributed by atoms with Gasteiger partial charge in [0.2, 0.25) is 0 Å². The highest BCUT2D eigenvalue weighted by atomic mass is 16.5. The van der Waals surface area contributed by atoms with E-state index in [4.69, 9.17) is 9.94 Å². The second-order valence-electron chi connectivity index (χ2n) is 4.02. The lowest BCUT2D eigenvalue weighted by molar-refractivity contribution is 0.306. The van der Waals surface area contributed by atoms with E-state index in [0.717, 1.165) is 16.9 Å². The topological polar surface area (TPSA) is 59.6 Å². The Morgan fingerprint density at radius 1 is 1.39 bits per heavy atom. The van der Waals surface area contributed by atoms with Crippen LogP contribution in [0, 0.1) is 0 Å². The van der Waals surface area contributed by atoms with Crippen molar-refractivity contribution in [2.45, 2.75) is 13.5 Å². The summed E-state index contributed by atoms with van der Waals surface area (Å²) in [4.78, 5) is 0. The summed E-state index contributed by atoms with van der Waals surface area (Å²) in [6, 6.07) is 7.40. The van der Waals surface area contributed by atoms with Gasteiger partial charge in [0.15, 0.2) is 0 Å². The summed E-state index contributed by atoms with van der Waals surface area (Å²) in [7, 11) is 1.87. The lowest BCUT2D eigenvalue weighted by Gasteiger charge is -2.05. The molecule has 0 aliphatic heterocycles. The van der Waals surface area contributed by atoms with E-state index < -0.39 is 0 Å². The van der Waals surface area contributed by atoms with Crippen molar-refractivity contribution in [3.63, 3.8) is 0 Å². The molecular weight excluding hydrogens is 230 g/mol. The molecule has 0 bridgehead atoms. The first-order chi connectivity index (χ1) is 8.69. The molecule has 2 aromatic rings. The molecule has 0 fully saturated rings. The zero-order valence-corrected chi connectivity index (χ0v) is 10.4. The largest absolute Gasteiger partial charge is 0.489 e. The van der Waals surface area contributed by atoms with Crippen molar-refractivity contribution in [3.05, 3.63) is 47.8 Å². The van der Waals surface area contributed by atoms with Crippen molar-refractivity contribution < 1.29 is 9.94 Å². The fraction of sp³-hybridized carbons (Fsp3) is 0.231. The monoisotopic (exact) mass is 245 g/mol. The summed E-state index contributed by atoms with van der Waals surface area (Å²) in [5, 5.41) is 15.9. The molecule has 0 atom stereocenters. The van der Waals surface area contributed by atoms with Crippen molar-refractivity contribution in [2.75, 3.05) is 0 Å². The first kappa shape index (κ1) is 12.2. The van der Waals surface area contributed by atoms with Gasteiger partial charge in [-0.3, -0.25) is 4.68 Å². The van der Waals surface area contributed by atoms with Crippen LogP contribution in [0.25, 0.3) is 0 Å². The lowest BCUT2D eigenvalue weighted by atomic mass is 10.1. The molecule has 0 radical (unpaired) electrons. The molecule has 5 nitrogen and oxygen atoms in total. The van der Waals surface area contributed by atoms with Crippen LogP contribution in [0.15, 0.2) is 41.8 Å². The van der Waals surface area contributed by atoms with E-state index in [1.807, 2.05) is 37.5 Å². The van der Waals surface area contributed by atoms with Gasteiger partial charge in [-0.1, -0.05) is 5.16 Å². The molecule has 0 spiro atoms. The van der Waals surface area contributed by atoms with E-state index in [2.05, 4.69) is 10.3 Å². The van der Waals surface area contributed by atoms with Crippen molar-refractivity contribution in [3.8, 4) is 5.75 Å². The molecule has 1 heterocycles. The Morgan fingerprint density at radius 2 is 2.11 bits per heavy atom. The molecule has 18 heavy (non-hydrogen) atoms. The average molecular weight is 245 g/mol. The molecule has 1 N–H and O–H groups in total. The van der Waals surface area contributed by atoms with Crippen LogP contribution < -0.4 is 4.74 Å². The average Bonchev–Trinajstić information content (AvgIpc) is 2.82. The maximum atomic E-state index is 8.66. The second kappa shape index (κ2) is 5.35. The van der Waals surface area contributed by atoms with Crippen LogP contribution in [0.3, 0.4) is 0 Å². The van der Waals surface area contributed by atoms with Crippen LogP contribution in [0.2, 0.25) is 0 Å². The van der Waals surface area contributed by atoms with E-state index in [-0.39, 0.29) is 0 Å². The zero-order valence-electron chi connectivity index (χ0n) is 10.4. The quantitative estimate of drug-likeness (QED) is 0.510. The Hall–Kier alpha value is -2.30. The van der Waals surface area contributed by atoms with Crippen LogP contribution in [-0.4, -0.2) is 20.7 Å². The van der Waals surface area contributed by atoms with E-state index in [1.54, 1.807) is 17.8 Å². The van der Waals surface area contributed by atoms with Crippen molar-refractivity contribution in [1.29, 1.82) is 0 Å². The highest BCUT2D eigenvalue weighted by molar-refractivity contribution is 5.98. The molecule has 0 saturated carbocycles. The molecule has 2 rings (SSSR count). The number of hydrogen-bond donors (Lipinski definition) is 1.